The molecule has 0 unspecified atom stereocenters. The summed E-state index contributed by atoms with van der Waals surface area (Å²) in [5.74, 6) is 0. The summed E-state index contributed by atoms with van der Waals surface area (Å²) in [5.41, 5.74) is 1.99. The fourth-order valence-corrected chi connectivity index (χ4v) is 2.99. The first-order chi connectivity index (χ1) is 8.39. The summed E-state index contributed by atoms with van der Waals surface area (Å²) in [6, 6.07) is 6.12. The van der Waals surface area contributed by atoms with Crippen LogP contribution in [0.15, 0.2) is 22.7 Å². The molecule has 100 valence electrons. The largest absolute Gasteiger partial charge is 0.389 e. The van der Waals surface area contributed by atoms with E-state index in [1.807, 2.05) is 6.07 Å². The smallest absolute Gasteiger partial charge is 0.0801 e. The molecule has 0 amide bonds. The molecule has 0 radical (unpaired) electrons. The third-order valence-electron chi connectivity index (χ3n) is 3.22. The lowest BCUT2D eigenvalue weighted by molar-refractivity contribution is -0.0276. The van der Waals surface area contributed by atoms with E-state index in [9.17, 15) is 5.11 Å². The molecule has 0 saturated carbocycles. The second kappa shape index (κ2) is 5.19. The highest BCUT2D eigenvalue weighted by molar-refractivity contribution is 9.10. The van der Waals surface area contributed by atoms with Crippen LogP contribution in [0, 0.1) is 0 Å². The van der Waals surface area contributed by atoms with Gasteiger partial charge in [0.05, 0.1) is 18.3 Å². The van der Waals surface area contributed by atoms with Crippen molar-refractivity contribution in [2.24, 2.45) is 0 Å². The van der Waals surface area contributed by atoms with Crippen LogP contribution in [0.25, 0.3) is 0 Å². The molecular formula is C14H20BrNO2. The van der Waals surface area contributed by atoms with Crippen molar-refractivity contribution in [3.8, 4) is 0 Å². The highest BCUT2D eigenvalue weighted by atomic mass is 79.9. The number of aliphatic hydroxyl groups is 1. The second-order valence-corrected chi connectivity index (χ2v) is 6.27. The molecule has 3 nitrogen and oxygen atoms in total. The van der Waals surface area contributed by atoms with Gasteiger partial charge in [-0.05, 0) is 38.5 Å². The van der Waals surface area contributed by atoms with E-state index in [0.29, 0.717) is 0 Å². The molecule has 1 N–H and O–H groups in total. The van der Waals surface area contributed by atoms with Crippen LogP contribution in [-0.4, -0.2) is 30.4 Å². The molecule has 1 aliphatic rings. The molecule has 1 aromatic carbocycles. The van der Waals surface area contributed by atoms with Gasteiger partial charge >= 0.3 is 0 Å². The Kier molecular flexibility index (Phi) is 3.99. The Balaban J connectivity index is 2.21. The molecule has 0 aromatic heterocycles. The number of aliphatic hydroxyl groups excluding tert-OH is 1. The number of halogens is 1. The molecule has 0 aliphatic carbocycles. The van der Waals surface area contributed by atoms with Gasteiger partial charge in [-0.3, -0.25) is 0 Å². The first kappa shape index (κ1) is 13.8. The summed E-state index contributed by atoms with van der Waals surface area (Å²) in [6.07, 6.45) is -0.449. The second-order valence-electron chi connectivity index (χ2n) is 5.41. The lowest BCUT2D eigenvalue weighted by Crippen LogP contribution is -2.48. The molecule has 0 bridgehead atoms. The number of ether oxygens (including phenoxy) is 1. The number of benzene rings is 1. The van der Waals surface area contributed by atoms with Gasteiger partial charge in [-0.1, -0.05) is 22.0 Å². The summed E-state index contributed by atoms with van der Waals surface area (Å²) in [6.45, 7) is 8.54. The zero-order valence-corrected chi connectivity index (χ0v) is 12.7. The Morgan fingerprint density at radius 2 is 2.17 bits per heavy atom. The van der Waals surface area contributed by atoms with E-state index in [-0.39, 0.29) is 5.60 Å². The molecule has 1 aliphatic heterocycles. The Bertz CT molecular complexity index is 432. The van der Waals surface area contributed by atoms with Gasteiger partial charge < -0.3 is 14.7 Å². The standard InChI is InChI=1S/C14H20BrNO2/c1-10(17)12-5-4-11(8-13(12)15)16-6-7-18-14(2,3)9-16/h4-5,8,10,17H,6-7,9H2,1-3H3/t10-/m0/s1. The van der Waals surface area contributed by atoms with E-state index in [1.54, 1.807) is 6.92 Å². The van der Waals surface area contributed by atoms with Crippen molar-refractivity contribution in [3.63, 3.8) is 0 Å². The molecule has 1 aromatic rings. The van der Waals surface area contributed by atoms with E-state index in [2.05, 4.69) is 46.8 Å². The van der Waals surface area contributed by atoms with E-state index in [4.69, 9.17) is 4.74 Å². The normalized spacial score (nSPS) is 20.8. The number of morpholine rings is 1. The van der Waals surface area contributed by atoms with Crippen molar-refractivity contribution in [1.29, 1.82) is 0 Å². The van der Waals surface area contributed by atoms with E-state index in [1.165, 1.54) is 5.69 Å². The maximum Gasteiger partial charge on any atom is 0.0801 e. The Morgan fingerprint density at radius 3 is 2.72 bits per heavy atom. The fourth-order valence-electron chi connectivity index (χ4n) is 2.29. The topological polar surface area (TPSA) is 32.7 Å². The summed E-state index contributed by atoms with van der Waals surface area (Å²) >= 11 is 3.52. The Labute approximate surface area is 117 Å². The zero-order valence-electron chi connectivity index (χ0n) is 11.1. The molecule has 1 atom stereocenters. The summed E-state index contributed by atoms with van der Waals surface area (Å²) in [5, 5.41) is 9.63. The van der Waals surface area contributed by atoms with Crippen LogP contribution in [0.3, 0.4) is 0 Å². The minimum Gasteiger partial charge on any atom is -0.389 e. The van der Waals surface area contributed by atoms with E-state index < -0.39 is 6.10 Å². The molecule has 1 heterocycles. The van der Waals surface area contributed by atoms with Crippen LogP contribution < -0.4 is 4.90 Å². The van der Waals surface area contributed by atoms with Crippen molar-refractivity contribution in [2.75, 3.05) is 24.6 Å². The third-order valence-corrected chi connectivity index (χ3v) is 3.91. The van der Waals surface area contributed by atoms with Crippen LogP contribution in [0.5, 0.6) is 0 Å². The fraction of sp³-hybridized carbons (Fsp3) is 0.571. The predicted octanol–water partition coefficient (Wildman–Crippen LogP) is 3.12. The van der Waals surface area contributed by atoms with E-state index >= 15 is 0 Å². The highest BCUT2D eigenvalue weighted by Crippen LogP contribution is 2.30. The van der Waals surface area contributed by atoms with Gasteiger partial charge in [0.15, 0.2) is 0 Å². The monoisotopic (exact) mass is 313 g/mol. The number of rotatable bonds is 2. The van der Waals surface area contributed by atoms with Gasteiger partial charge in [0, 0.05) is 23.2 Å². The Morgan fingerprint density at radius 1 is 1.44 bits per heavy atom. The van der Waals surface area contributed by atoms with Crippen molar-refractivity contribution < 1.29 is 9.84 Å². The quantitative estimate of drug-likeness (QED) is 0.910. The van der Waals surface area contributed by atoms with Gasteiger partial charge in [0.1, 0.15) is 0 Å². The number of hydrogen-bond acceptors (Lipinski definition) is 3. The van der Waals surface area contributed by atoms with Crippen LogP contribution in [0.1, 0.15) is 32.4 Å². The summed E-state index contributed by atoms with van der Waals surface area (Å²) in [4.78, 5) is 2.32. The summed E-state index contributed by atoms with van der Waals surface area (Å²) < 4.78 is 6.67. The minimum atomic E-state index is -0.449. The molecule has 1 fully saturated rings. The lowest BCUT2D eigenvalue weighted by atomic mass is 10.1. The average molecular weight is 314 g/mol. The maximum atomic E-state index is 9.63. The van der Waals surface area contributed by atoms with Crippen molar-refractivity contribution in [3.05, 3.63) is 28.2 Å². The number of anilines is 1. The molecule has 4 heteroatoms. The van der Waals surface area contributed by atoms with Crippen molar-refractivity contribution in [1.82, 2.24) is 0 Å². The molecule has 0 spiro atoms. The lowest BCUT2D eigenvalue weighted by Gasteiger charge is -2.39. The molecule has 1 saturated heterocycles. The number of hydrogen-bond donors (Lipinski definition) is 1. The average Bonchev–Trinajstić information content (AvgIpc) is 2.27. The Hall–Kier alpha value is -0.580. The van der Waals surface area contributed by atoms with Crippen molar-refractivity contribution >= 4 is 21.6 Å². The van der Waals surface area contributed by atoms with Crippen LogP contribution in [0.2, 0.25) is 0 Å². The molecule has 2 rings (SSSR count). The van der Waals surface area contributed by atoms with Crippen LogP contribution in [-0.2, 0) is 4.74 Å². The highest BCUT2D eigenvalue weighted by Gasteiger charge is 2.27. The molecular weight excluding hydrogens is 294 g/mol. The van der Waals surface area contributed by atoms with Crippen LogP contribution in [0.4, 0.5) is 5.69 Å². The van der Waals surface area contributed by atoms with Crippen LogP contribution >= 0.6 is 15.9 Å². The predicted molar refractivity (Wildman–Crippen MR) is 77.0 cm³/mol. The minimum absolute atomic E-state index is 0.104. The summed E-state index contributed by atoms with van der Waals surface area (Å²) in [7, 11) is 0. The van der Waals surface area contributed by atoms with Gasteiger partial charge in [-0.2, -0.15) is 0 Å². The van der Waals surface area contributed by atoms with Gasteiger partial charge in [0.2, 0.25) is 0 Å². The first-order valence-electron chi connectivity index (χ1n) is 6.25. The van der Waals surface area contributed by atoms with Gasteiger partial charge in [-0.25, -0.2) is 0 Å². The van der Waals surface area contributed by atoms with E-state index in [0.717, 1.165) is 29.7 Å². The van der Waals surface area contributed by atoms with Gasteiger partial charge in [-0.15, -0.1) is 0 Å². The SMILES string of the molecule is C[C@H](O)c1ccc(N2CCOC(C)(C)C2)cc1Br. The zero-order chi connectivity index (χ0) is 13.3. The van der Waals surface area contributed by atoms with Crippen molar-refractivity contribution in [2.45, 2.75) is 32.5 Å². The molecule has 18 heavy (non-hydrogen) atoms. The maximum absolute atomic E-state index is 9.63. The first-order valence-corrected chi connectivity index (χ1v) is 7.05. The van der Waals surface area contributed by atoms with Gasteiger partial charge in [0.25, 0.3) is 0 Å². The third kappa shape index (κ3) is 3.05. The number of nitrogens with zero attached hydrogens (tertiary/aromatic N) is 1.